The zero-order valence-electron chi connectivity index (χ0n) is 8.99. The summed E-state index contributed by atoms with van der Waals surface area (Å²) >= 11 is 0. The van der Waals surface area contributed by atoms with Crippen molar-refractivity contribution in [2.75, 3.05) is 0 Å². The molecule has 0 saturated carbocycles. The van der Waals surface area contributed by atoms with Crippen molar-refractivity contribution < 1.29 is 9.57 Å². The minimum atomic E-state index is -0.226. The summed E-state index contributed by atoms with van der Waals surface area (Å²) in [5.41, 5.74) is 0. The molecule has 0 aliphatic carbocycles. The second-order valence-corrected chi connectivity index (χ2v) is 4.16. The largest absolute Gasteiger partial charge is 0.347 e. The summed E-state index contributed by atoms with van der Waals surface area (Å²) in [7, 11) is 0. The predicted octanol–water partition coefficient (Wildman–Crippen LogP) is 1.92. The Hall–Kier alpha value is -0.120. The van der Waals surface area contributed by atoms with Gasteiger partial charge in [-0.15, -0.1) is 0 Å². The van der Waals surface area contributed by atoms with Gasteiger partial charge in [0.2, 0.25) is 0 Å². The van der Waals surface area contributed by atoms with E-state index in [4.69, 9.17) is 15.5 Å². The molecular weight excluding hydrogens is 166 g/mol. The highest BCUT2D eigenvalue weighted by atomic mass is 16.8. The van der Waals surface area contributed by atoms with Crippen LogP contribution in [-0.2, 0) is 9.57 Å². The molecule has 0 spiro atoms. The van der Waals surface area contributed by atoms with Crippen molar-refractivity contribution in [3.8, 4) is 0 Å². The average molecular weight is 187 g/mol. The summed E-state index contributed by atoms with van der Waals surface area (Å²) < 4.78 is 5.73. The molecule has 5 atom stereocenters. The molecule has 2 unspecified atom stereocenters. The molecule has 0 aromatic rings. The van der Waals surface area contributed by atoms with Gasteiger partial charge in [-0.25, -0.2) is 5.90 Å². The van der Waals surface area contributed by atoms with Crippen molar-refractivity contribution in [1.82, 2.24) is 0 Å². The average Bonchev–Trinajstić information content (AvgIpc) is 2.15. The summed E-state index contributed by atoms with van der Waals surface area (Å²) in [6.07, 6.45) is 1.09. The fourth-order valence-corrected chi connectivity index (χ4v) is 2.11. The third-order valence-electron chi connectivity index (χ3n) is 3.52. The molecule has 2 N–H and O–H groups in total. The van der Waals surface area contributed by atoms with Crippen LogP contribution in [0.4, 0.5) is 0 Å². The van der Waals surface area contributed by atoms with Crippen LogP contribution in [0.5, 0.6) is 0 Å². The summed E-state index contributed by atoms with van der Waals surface area (Å²) in [5, 5.41) is 0. The zero-order valence-corrected chi connectivity index (χ0v) is 8.99. The Morgan fingerprint density at radius 3 is 2.23 bits per heavy atom. The van der Waals surface area contributed by atoms with Crippen LogP contribution < -0.4 is 5.90 Å². The van der Waals surface area contributed by atoms with Crippen molar-refractivity contribution in [1.29, 1.82) is 0 Å². The second kappa shape index (κ2) is 4.40. The van der Waals surface area contributed by atoms with Crippen molar-refractivity contribution in [3.05, 3.63) is 0 Å². The Morgan fingerprint density at radius 2 is 1.77 bits per heavy atom. The molecule has 1 aliphatic rings. The molecule has 0 bridgehead atoms. The maximum atomic E-state index is 5.73. The number of hydrogen-bond acceptors (Lipinski definition) is 3. The van der Waals surface area contributed by atoms with Crippen molar-refractivity contribution in [2.45, 2.75) is 46.5 Å². The maximum Gasteiger partial charge on any atom is 0.180 e. The van der Waals surface area contributed by atoms with E-state index in [1.807, 2.05) is 0 Å². The first-order valence-corrected chi connectivity index (χ1v) is 5.12. The lowest BCUT2D eigenvalue weighted by atomic mass is 9.78. The van der Waals surface area contributed by atoms with E-state index in [9.17, 15) is 0 Å². The Morgan fingerprint density at radius 1 is 1.15 bits per heavy atom. The molecule has 1 saturated heterocycles. The van der Waals surface area contributed by atoms with Crippen LogP contribution in [0.1, 0.15) is 34.1 Å². The van der Waals surface area contributed by atoms with Gasteiger partial charge in [0.1, 0.15) is 0 Å². The SMILES string of the molecule is CCC1O[C@@H](ON)C(C)[C@@H](C)[C@@H]1C. The van der Waals surface area contributed by atoms with E-state index in [1.165, 1.54) is 0 Å². The van der Waals surface area contributed by atoms with Gasteiger partial charge in [-0.2, -0.15) is 0 Å². The van der Waals surface area contributed by atoms with E-state index in [-0.39, 0.29) is 6.29 Å². The summed E-state index contributed by atoms with van der Waals surface area (Å²) in [4.78, 5) is 4.83. The first kappa shape index (κ1) is 11.0. The number of ether oxygens (including phenoxy) is 1. The third kappa shape index (κ3) is 2.03. The molecule has 13 heavy (non-hydrogen) atoms. The Bertz CT molecular complexity index is 143. The highest BCUT2D eigenvalue weighted by Gasteiger charge is 2.38. The molecule has 3 heteroatoms. The molecule has 1 aliphatic heterocycles. The highest BCUT2D eigenvalue weighted by molar-refractivity contribution is 4.81. The number of rotatable bonds is 2. The molecule has 0 radical (unpaired) electrons. The van der Waals surface area contributed by atoms with E-state index < -0.39 is 0 Å². The van der Waals surface area contributed by atoms with Crippen LogP contribution in [0.3, 0.4) is 0 Å². The van der Waals surface area contributed by atoms with Crippen LogP contribution in [0.2, 0.25) is 0 Å². The third-order valence-corrected chi connectivity index (χ3v) is 3.52. The number of hydrogen-bond donors (Lipinski definition) is 1. The van der Waals surface area contributed by atoms with Crippen LogP contribution in [0.25, 0.3) is 0 Å². The normalized spacial score (nSPS) is 46.4. The monoisotopic (exact) mass is 187 g/mol. The van der Waals surface area contributed by atoms with Gasteiger partial charge in [-0.05, 0) is 18.3 Å². The van der Waals surface area contributed by atoms with E-state index in [1.54, 1.807) is 0 Å². The fourth-order valence-electron chi connectivity index (χ4n) is 2.11. The Balaban J connectivity index is 2.66. The lowest BCUT2D eigenvalue weighted by molar-refractivity contribution is -0.250. The molecule has 3 nitrogen and oxygen atoms in total. The van der Waals surface area contributed by atoms with Crippen molar-refractivity contribution >= 4 is 0 Å². The topological polar surface area (TPSA) is 44.5 Å². The molecule has 0 aromatic carbocycles. The summed E-state index contributed by atoms with van der Waals surface area (Å²) in [6, 6.07) is 0. The summed E-state index contributed by atoms with van der Waals surface area (Å²) in [6.45, 7) is 8.75. The van der Waals surface area contributed by atoms with Gasteiger partial charge in [0.05, 0.1) is 6.10 Å². The standard InChI is InChI=1S/C10H21NO2/c1-5-9-7(3)6(2)8(4)10(12-9)13-11/h6-10H,5,11H2,1-4H3/t6-,7-,8?,9?,10-/m0/s1. The molecule has 1 heterocycles. The zero-order chi connectivity index (χ0) is 10.0. The fraction of sp³-hybridized carbons (Fsp3) is 1.00. The molecule has 78 valence electrons. The van der Waals surface area contributed by atoms with Crippen LogP contribution in [-0.4, -0.2) is 12.4 Å². The number of nitrogens with two attached hydrogens (primary N) is 1. The Labute approximate surface area is 80.5 Å². The van der Waals surface area contributed by atoms with Gasteiger partial charge in [0.25, 0.3) is 0 Å². The first-order valence-electron chi connectivity index (χ1n) is 5.12. The van der Waals surface area contributed by atoms with Crippen molar-refractivity contribution in [3.63, 3.8) is 0 Å². The van der Waals surface area contributed by atoms with Crippen LogP contribution in [0, 0.1) is 17.8 Å². The van der Waals surface area contributed by atoms with E-state index in [2.05, 4.69) is 27.7 Å². The predicted molar refractivity (Wildman–Crippen MR) is 51.7 cm³/mol. The van der Waals surface area contributed by atoms with Gasteiger partial charge in [0.15, 0.2) is 6.29 Å². The molecule has 0 amide bonds. The lowest BCUT2D eigenvalue weighted by Gasteiger charge is -2.42. The second-order valence-electron chi connectivity index (χ2n) is 4.16. The maximum absolute atomic E-state index is 5.73. The highest BCUT2D eigenvalue weighted by Crippen LogP contribution is 2.35. The van der Waals surface area contributed by atoms with Gasteiger partial charge >= 0.3 is 0 Å². The molecular formula is C10H21NO2. The van der Waals surface area contributed by atoms with Gasteiger partial charge in [0, 0.05) is 5.92 Å². The van der Waals surface area contributed by atoms with Gasteiger partial charge < -0.3 is 4.74 Å². The Kier molecular flexibility index (Phi) is 3.71. The van der Waals surface area contributed by atoms with Crippen LogP contribution in [0.15, 0.2) is 0 Å². The smallest absolute Gasteiger partial charge is 0.180 e. The minimum Gasteiger partial charge on any atom is -0.347 e. The molecule has 0 aromatic heterocycles. The minimum absolute atomic E-state index is 0.226. The lowest BCUT2D eigenvalue weighted by Crippen LogP contribution is -2.46. The van der Waals surface area contributed by atoms with Crippen molar-refractivity contribution in [2.24, 2.45) is 23.7 Å². The van der Waals surface area contributed by atoms with Crippen LogP contribution >= 0.6 is 0 Å². The van der Waals surface area contributed by atoms with Gasteiger partial charge in [-0.1, -0.05) is 27.7 Å². The molecule has 1 rings (SSSR count). The quantitative estimate of drug-likeness (QED) is 0.672. The van der Waals surface area contributed by atoms with E-state index >= 15 is 0 Å². The van der Waals surface area contributed by atoms with Gasteiger partial charge in [-0.3, -0.25) is 4.84 Å². The molecule has 1 fully saturated rings. The summed E-state index contributed by atoms with van der Waals surface area (Å²) in [5.74, 6) is 6.76. The van der Waals surface area contributed by atoms with E-state index in [0.29, 0.717) is 23.9 Å². The first-order chi connectivity index (χ1) is 6.11. The van der Waals surface area contributed by atoms with E-state index in [0.717, 1.165) is 6.42 Å².